The molecule has 0 saturated carbocycles. The van der Waals surface area contributed by atoms with E-state index < -0.39 is 6.10 Å². The molecule has 1 amide bonds. The second-order valence-electron chi connectivity index (χ2n) is 5.39. The Balaban J connectivity index is 2.64. The monoisotopic (exact) mass is 401 g/mol. The number of halogens is 1. The zero-order chi connectivity index (χ0) is 15.8. The number of hydrogen-bond acceptors (Lipinski definition) is 2. The van der Waals surface area contributed by atoms with Crippen LogP contribution in [0.5, 0.6) is 0 Å². The summed E-state index contributed by atoms with van der Waals surface area (Å²) in [4.78, 5) is 14.1. The number of rotatable bonds is 7. The summed E-state index contributed by atoms with van der Waals surface area (Å²) in [5.41, 5.74) is 0.838. The standard InChI is InChI=1S/C17H24INO2/c1-13(9-7-8-12-18)17(21)19(3)14(2)16(20)15-10-5-4-6-11-15/h4-6,8,10-14,16,20H,7,9H2,1-3H3/b12-8+/t13-,14+,16-/m0/s1. The highest BCUT2D eigenvalue weighted by Gasteiger charge is 2.26. The number of aliphatic hydroxyl groups excluding tert-OH is 1. The third-order valence-electron chi connectivity index (χ3n) is 3.83. The van der Waals surface area contributed by atoms with Gasteiger partial charge in [0.25, 0.3) is 0 Å². The quantitative estimate of drug-likeness (QED) is 0.704. The highest BCUT2D eigenvalue weighted by molar-refractivity contribution is 14.1. The summed E-state index contributed by atoms with van der Waals surface area (Å²) in [5.74, 6) is 0.0485. The Kier molecular flexibility index (Phi) is 7.96. The summed E-state index contributed by atoms with van der Waals surface area (Å²) in [5, 5.41) is 10.4. The van der Waals surface area contributed by atoms with Crippen molar-refractivity contribution in [1.29, 1.82) is 0 Å². The van der Waals surface area contributed by atoms with Crippen molar-refractivity contribution in [1.82, 2.24) is 4.90 Å². The molecule has 21 heavy (non-hydrogen) atoms. The first-order valence-corrected chi connectivity index (χ1v) is 8.48. The molecule has 0 radical (unpaired) electrons. The van der Waals surface area contributed by atoms with Crippen LogP contribution in [-0.4, -0.2) is 29.0 Å². The first-order chi connectivity index (χ1) is 9.99. The molecule has 1 aromatic rings. The molecule has 116 valence electrons. The Morgan fingerprint density at radius 1 is 1.33 bits per heavy atom. The number of likely N-dealkylation sites (N-methyl/N-ethyl adjacent to an activating group) is 1. The molecule has 0 heterocycles. The largest absolute Gasteiger partial charge is 0.386 e. The van der Waals surface area contributed by atoms with Gasteiger partial charge in [0.1, 0.15) is 0 Å². The van der Waals surface area contributed by atoms with E-state index in [4.69, 9.17) is 0 Å². The number of nitrogens with zero attached hydrogens (tertiary/aromatic N) is 1. The molecule has 3 atom stereocenters. The minimum Gasteiger partial charge on any atom is -0.386 e. The fourth-order valence-electron chi connectivity index (χ4n) is 2.22. The third kappa shape index (κ3) is 5.43. The maximum Gasteiger partial charge on any atom is 0.225 e. The Hall–Kier alpha value is -0.880. The van der Waals surface area contributed by atoms with Gasteiger partial charge < -0.3 is 10.0 Å². The number of hydrogen-bond donors (Lipinski definition) is 1. The van der Waals surface area contributed by atoms with Gasteiger partial charge in [0.2, 0.25) is 5.91 Å². The van der Waals surface area contributed by atoms with Gasteiger partial charge in [-0.1, -0.05) is 65.9 Å². The van der Waals surface area contributed by atoms with Crippen LogP contribution in [0.25, 0.3) is 0 Å². The lowest BCUT2D eigenvalue weighted by Crippen LogP contribution is -2.41. The smallest absolute Gasteiger partial charge is 0.225 e. The van der Waals surface area contributed by atoms with E-state index in [-0.39, 0.29) is 17.9 Å². The highest BCUT2D eigenvalue weighted by atomic mass is 127. The van der Waals surface area contributed by atoms with Crippen LogP contribution in [-0.2, 0) is 4.79 Å². The van der Waals surface area contributed by atoms with Gasteiger partial charge >= 0.3 is 0 Å². The van der Waals surface area contributed by atoms with Crippen LogP contribution >= 0.6 is 22.6 Å². The molecule has 0 aliphatic heterocycles. The summed E-state index contributed by atoms with van der Waals surface area (Å²) < 4.78 is 1.97. The van der Waals surface area contributed by atoms with Crippen LogP contribution in [0.1, 0.15) is 38.4 Å². The fourth-order valence-corrected chi connectivity index (χ4v) is 2.58. The number of aliphatic hydroxyl groups is 1. The van der Waals surface area contributed by atoms with E-state index in [9.17, 15) is 9.90 Å². The second kappa shape index (κ2) is 9.20. The minimum absolute atomic E-state index is 0.0342. The zero-order valence-corrected chi connectivity index (χ0v) is 15.0. The first kappa shape index (κ1) is 18.2. The lowest BCUT2D eigenvalue weighted by atomic mass is 9.99. The molecule has 0 fully saturated rings. The zero-order valence-electron chi connectivity index (χ0n) is 12.9. The van der Waals surface area contributed by atoms with Gasteiger partial charge in [-0.05, 0) is 29.4 Å². The van der Waals surface area contributed by atoms with E-state index in [1.165, 1.54) is 0 Å². The lowest BCUT2D eigenvalue weighted by molar-refractivity contribution is -0.138. The van der Waals surface area contributed by atoms with Crippen LogP contribution in [0.2, 0.25) is 0 Å². The number of benzene rings is 1. The van der Waals surface area contributed by atoms with Gasteiger partial charge in [0.15, 0.2) is 0 Å². The average Bonchev–Trinajstić information content (AvgIpc) is 2.52. The number of carbonyl (C=O) groups excluding carboxylic acids is 1. The molecule has 1 rings (SSSR count). The predicted octanol–water partition coefficient (Wildman–Crippen LogP) is 3.93. The van der Waals surface area contributed by atoms with Gasteiger partial charge in [-0.25, -0.2) is 0 Å². The molecule has 0 spiro atoms. The van der Waals surface area contributed by atoms with Crippen molar-refractivity contribution >= 4 is 28.5 Å². The van der Waals surface area contributed by atoms with Gasteiger partial charge in [0, 0.05) is 13.0 Å². The summed E-state index contributed by atoms with van der Waals surface area (Å²) in [6.07, 6.45) is 3.13. The van der Waals surface area contributed by atoms with Crippen molar-refractivity contribution in [2.24, 2.45) is 5.92 Å². The second-order valence-corrected chi connectivity index (χ2v) is 6.10. The topological polar surface area (TPSA) is 40.5 Å². The van der Waals surface area contributed by atoms with E-state index >= 15 is 0 Å². The Bertz CT molecular complexity index is 461. The molecular weight excluding hydrogens is 377 g/mol. The average molecular weight is 401 g/mol. The number of amides is 1. The van der Waals surface area contributed by atoms with Crippen molar-refractivity contribution in [3.63, 3.8) is 0 Å². The molecule has 0 aromatic heterocycles. The maximum absolute atomic E-state index is 12.4. The van der Waals surface area contributed by atoms with Gasteiger partial charge in [-0.2, -0.15) is 0 Å². The highest BCUT2D eigenvalue weighted by Crippen LogP contribution is 2.22. The minimum atomic E-state index is -0.665. The molecule has 0 unspecified atom stereocenters. The van der Waals surface area contributed by atoms with E-state index in [0.717, 1.165) is 18.4 Å². The summed E-state index contributed by atoms with van der Waals surface area (Å²) >= 11 is 2.18. The molecule has 0 aliphatic carbocycles. The Morgan fingerprint density at radius 2 is 1.95 bits per heavy atom. The summed E-state index contributed by atoms with van der Waals surface area (Å²) in [7, 11) is 1.77. The molecule has 4 heteroatoms. The molecular formula is C17H24INO2. The summed E-state index contributed by atoms with van der Waals surface area (Å²) in [6, 6.07) is 9.22. The lowest BCUT2D eigenvalue weighted by Gasteiger charge is -2.31. The third-order valence-corrected chi connectivity index (χ3v) is 4.34. The van der Waals surface area contributed by atoms with Crippen molar-refractivity contribution < 1.29 is 9.90 Å². The SMILES string of the molecule is C[C@H]([C@H](O)c1ccccc1)N(C)C(=O)[C@@H](C)CC/C=C/I. The number of allylic oxidation sites excluding steroid dienone is 1. The Morgan fingerprint density at radius 3 is 2.52 bits per heavy atom. The normalized spacial score (nSPS) is 15.7. The predicted molar refractivity (Wildman–Crippen MR) is 95.2 cm³/mol. The van der Waals surface area contributed by atoms with Gasteiger partial charge in [-0.3, -0.25) is 4.79 Å². The van der Waals surface area contributed by atoms with Crippen molar-refractivity contribution in [2.45, 2.75) is 38.8 Å². The molecule has 0 saturated heterocycles. The van der Waals surface area contributed by atoms with Crippen molar-refractivity contribution in [2.75, 3.05) is 7.05 Å². The molecule has 0 aliphatic rings. The molecule has 1 N–H and O–H groups in total. The van der Waals surface area contributed by atoms with E-state index in [0.29, 0.717) is 0 Å². The molecule has 0 bridgehead atoms. The Labute approximate surface area is 141 Å². The van der Waals surface area contributed by atoms with Gasteiger partial charge in [-0.15, -0.1) is 0 Å². The van der Waals surface area contributed by atoms with Crippen LogP contribution in [0.4, 0.5) is 0 Å². The van der Waals surface area contributed by atoms with Crippen LogP contribution in [0.3, 0.4) is 0 Å². The van der Waals surface area contributed by atoms with E-state index in [1.54, 1.807) is 11.9 Å². The van der Waals surface area contributed by atoms with Crippen LogP contribution in [0.15, 0.2) is 40.5 Å². The maximum atomic E-state index is 12.4. The van der Waals surface area contributed by atoms with E-state index in [2.05, 4.69) is 28.7 Å². The van der Waals surface area contributed by atoms with Crippen LogP contribution in [0, 0.1) is 5.92 Å². The molecule has 3 nitrogen and oxygen atoms in total. The van der Waals surface area contributed by atoms with Crippen molar-refractivity contribution in [3.8, 4) is 0 Å². The fraction of sp³-hybridized carbons (Fsp3) is 0.471. The van der Waals surface area contributed by atoms with Gasteiger partial charge in [0.05, 0.1) is 12.1 Å². The van der Waals surface area contributed by atoms with E-state index in [1.807, 2.05) is 48.3 Å². The summed E-state index contributed by atoms with van der Waals surface area (Å²) in [6.45, 7) is 3.83. The molecule has 1 aromatic carbocycles. The first-order valence-electron chi connectivity index (χ1n) is 7.24. The van der Waals surface area contributed by atoms with Crippen molar-refractivity contribution in [3.05, 3.63) is 46.1 Å². The van der Waals surface area contributed by atoms with Crippen LogP contribution < -0.4 is 0 Å². The number of carbonyl (C=O) groups is 1.